The van der Waals surface area contributed by atoms with Crippen molar-refractivity contribution in [2.45, 2.75) is 26.8 Å². The van der Waals surface area contributed by atoms with E-state index in [1.807, 2.05) is 37.6 Å². The Morgan fingerprint density at radius 1 is 1.24 bits per heavy atom. The molecule has 1 atom stereocenters. The van der Waals surface area contributed by atoms with Crippen molar-refractivity contribution >= 4 is 0 Å². The highest BCUT2D eigenvalue weighted by Gasteiger charge is 2.08. The van der Waals surface area contributed by atoms with Gasteiger partial charge in [-0.25, -0.2) is 4.39 Å². The van der Waals surface area contributed by atoms with Gasteiger partial charge in [0.15, 0.2) is 0 Å². The van der Waals surface area contributed by atoms with E-state index >= 15 is 0 Å². The summed E-state index contributed by atoms with van der Waals surface area (Å²) in [6.45, 7) is 6.03. The van der Waals surface area contributed by atoms with Gasteiger partial charge in [0.1, 0.15) is 5.82 Å². The van der Waals surface area contributed by atoms with Crippen molar-refractivity contribution in [3.8, 4) is 0 Å². The fourth-order valence-electron chi connectivity index (χ4n) is 1.81. The maximum Gasteiger partial charge on any atom is 0.141 e. The van der Waals surface area contributed by atoms with Gasteiger partial charge in [-0.1, -0.05) is 0 Å². The molecule has 0 spiro atoms. The van der Waals surface area contributed by atoms with Gasteiger partial charge in [0.25, 0.3) is 0 Å². The molecule has 0 fully saturated rings. The maximum atomic E-state index is 13.1. The Hall–Kier alpha value is -1.84. The van der Waals surface area contributed by atoms with E-state index in [1.54, 1.807) is 6.20 Å². The Balaban J connectivity index is 2.20. The van der Waals surface area contributed by atoms with Crippen LogP contribution in [-0.4, -0.2) is 9.66 Å². The summed E-state index contributed by atoms with van der Waals surface area (Å²) >= 11 is 0. The normalized spacial score (nSPS) is 12.5. The highest BCUT2D eigenvalue weighted by Crippen LogP contribution is 2.15. The molecular formula is C13H16FN3. The third-order valence-electron chi connectivity index (χ3n) is 2.82. The predicted octanol–water partition coefficient (Wildman–Crippen LogP) is 2.94. The molecule has 0 aliphatic rings. The van der Waals surface area contributed by atoms with Crippen LogP contribution in [-0.2, 0) is 0 Å². The quantitative estimate of drug-likeness (QED) is 0.883. The van der Waals surface area contributed by atoms with Crippen LogP contribution in [0.3, 0.4) is 0 Å². The van der Waals surface area contributed by atoms with Crippen LogP contribution in [0.1, 0.15) is 29.9 Å². The van der Waals surface area contributed by atoms with E-state index < -0.39 is 0 Å². The molecule has 17 heavy (non-hydrogen) atoms. The molecule has 0 amide bonds. The fourth-order valence-corrected chi connectivity index (χ4v) is 1.81. The zero-order chi connectivity index (χ0) is 12.4. The Morgan fingerprint density at radius 3 is 2.47 bits per heavy atom. The van der Waals surface area contributed by atoms with E-state index in [2.05, 4.69) is 10.4 Å². The van der Waals surface area contributed by atoms with E-state index in [-0.39, 0.29) is 11.9 Å². The van der Waals surface area contributed by atoms with Crippen molar-refractivity contribution in [2.75, 3.05) is 5.43 Å². The third kappa shape index (κ3) is 2.46. The second kappa shape index (κ2) is 4.57. The summed E-state index contributed by atoms with van der Waals surface area (Å²) < 4.78 is 15.1. The minimum absolute atomic E-state index is 0.00278. The number of rotatable bonds is 3. The Morgan fingerprint density at radius 2 is 1.88 bits per heavy atom. The minimum Gasteiger partial charge on any atom is -0.319 e. The number of hydrogen-bond acceptors (Lipinski definition) is 2. The standard InChI is InChI=1S/C13H16FN3/c1-9-4-5-10(2)17(9)16-11(3)12-6-13(14)8-15-7-12/h4-8,11,16H,1-3H3. The number of nitrogens with zero attached hydrogens (tertiary/aromatic N) is 2. The number of aryl methyl sites for hydroxylation is 2. The topological polar surface area (TPSA) is 29.9 Å². The molecule has 2 rings (SSSR count). The molecule has 2 aromatic rings. The van der Waals surface area contributed by atoms with E-state index in [9.17, 15) is 4.39 Å². The SMILES string of the molecule is Cc1ccc(C)n1NC(C)c1cncc(F)c1. The van der Waals surface area contributed by atoms with Gasteiger partial charge in [-0.2, -0.15) is 0 Å². The zero-order valence-corrected chi connectivity index (χ0v) is 10.2. The Labute approximate surface area is 100 Å². The minimum atomic E-state index is -0.308. The summed E-state index contributed by atoms with van der Waals surface area (Å²) in [5, 5.41) is 0. The Bertz CT molecular complexity index is 500. The van der Waals surface area contributed by atoms with Crippen LogP contribution >= 0.6 is 0 Å². The molecule has 0 bridgehead atoms. The molecule has 90 valence electrons. The summed E-state index contributed by atoms with van der Waals surface area (Å²) in [5.41, 5.74) is 6.39. The van der Waals surface area contributed by atoms with Gasteiger partial charge in [-0.15, -0.1) is 0 Å². The van der Waals surface area contributed by atoms with Gasteiger partial charge in [0, 0.05) is 17.6 Å². The number of aromatic nitrogens is 2. The van der Waals surface area contributed by atoms with Crippen molar-refractivity contribution in [2.24, 2.45) is 0 Å². The highest BCUT2D eigenvalue weighted by atomic mass is 19.1. The van der Waals surface area contributed by atoms with Crippen LogP contribution in [0.5, 0.6) is 0 Å². The fraction of sp³-hybridized carbons (Fsp3) is 0.308. The van der Waals surface area contributed by atoms with Crippen molar-refractivity contribution in [1.82, 2.24) is 9.66 Å². The molecule has 2 heterocycles. The molecular weight excluding hydrogens is 217 g/mol. The summed E-state index contributed by atoms with van der Waals surface area (Å²) in [6, 6.07) is 5.58. The molecule has 2 aromatic heterocycles. The average Bonchev–Trinajstić information content (AvgIpc) is 2.61. The lowest BCUT2D eigenvalue weighted by Crippen LogP contribution is -2.21. The second-order valence-electron chi connectivity index (χ2n) is 4.24. The smallest absolute Gasteiger partial charge is 0.141 e. The van der Waals surface area contributed by atoms with Crippen LogP contribution < -0.4 is 5.43 Å². The molecule has 0 aromatic carbocycles. The lowest BCUT2D eigenvalue weighted by atomic mass is 10.1. The van der Waals surface area contributed by atoms with Crippen molar-refractivity contribution in [1.29, 1.82) is 0 Å². The zero-order valence-electron chi connectivity index (χ0n) is 10.2. The highest BCUT2D eigenvalue weighted by molar-refractivity contribution is 5.21. The van der Waals surface area contributed by atoms with E-state index in [1.165, 1.54) is 12.3 Å². The van der Waals surface area contributed by atoms with Crippen LogP contribution in [0, 0.1) is 19.7 Å². The van der Waals surface area contributed by atoms with Gasteiger partial charge >= 0.3 is 0 Å². The van der Waals surface area contributed by atoms with E-state index in [0.29, 0.717) is 0 Å². The number of nitrogens with one attached hydrogen (secondary N) is 1. The molecule has 1 unspecified atom stereocenters. The molecule has 4 heteroatoms. The molecule has 0 aliphatic heterocycles. The number of hydrogen-bond donors (Lipinski definition) is 1. The molecule has 1 N–H and O–H groups in total. The number of pyridine rings is 1. The molecule has 0 aliphatic carbocycles. The first kappa shape index (κ1) is 11.6. The van der Waals surface area contributed by atoms with Gasteiger partial charge in [-0.3, -0.25) is 9.66 Å². The third-order valence-corrected chi connectivity index (χ3v) is 2.82. The molecule has 0 saturated heterocycles. The van der Waals surface area contributed by atoms with Crippen LogP contribution in [0.4, 0.5) is 4.39 Å². The largest absolute Gasteiger partial charge is 0.319 e. The maximum absolute atomic E-state index is 13.1. The van der Waals surface area contributed by atoms with Gasteiger partial charge in [-0.05, 0) is 44.5 Å². The Kier molecular flexibility index (Phi) is 3.13. The summed E-state index contributed by atoms with van der Waals surface area (Å²) in [7, 11) is 0. The monoisotopic (exact) mass is 233 g/mol. The molecule has 0 saturated carbocycles. The average molecular weight is 233 g/mol. The summed E-state index contributed by atoms with van der Waals surface area (Å²) in [6.07, 6.45) is 2.89. The van der Waals surface area contributed by atoms with Crippen LogP contribution in [0.2, 0.25) is 0 Å². The molecule has 3 nitrogen and oxygen atoms in total. The van der Waals surface area contributed by atoms with Crippen LogP contribution in [0.25, 0.3) is 0 Å². The van der Waals surface area contributed by atoms with Gasteiger partial charge in [0.2, 0.25) is 0 Å². The van der Waals surface area contributed by atoms with E-state index in [4.69, 9.17) is 0 Å². The summed E-state index contributed by atoms with van der Waals surface area (Å²) in [5.74, 6) is -0.308. The summed E-state index contributed by atoms with van der Waals surface area (Å²) in [4.78, 5) is 3.86. The first-order valence-corrected chi connectivity index (χ1v) is 5.60. The molecule has 0 radical (unpaired) electrons. The van der Waals surface area contributed by atoms with Crippen molar-refractivity contribution in [3.63, 3.8) is 0 Å². The second-order valence-corrected chi connectivity index (χ2v) is 4.24. The van der Waals surface area contributed by atoms with Gasteiger partial charge < -0.3 is 5.43 Å². The lowest BCUT2D eigenvalue weighted by molar-refractivity contribution is 0.612. The first-order valence-electron chi connectivity index (χ1n) is 5.60. The van der Waals surface area contributed by atoms with E-state index in [0.717, 1.165) is 17.0 Å². The van der Waals surface area contributed by atoms with Crippen molar-refractivity contribution < 1.29 is 4.39 Å². The first-order chi connectivity index (χ1) is 8.08. The van der Waals surface area contributed by atoms with Crippen LogP contribution in [0.15, 0.2) is 30.6 Å². The lowest BCUT2D eigenvalue weighted by Gasteiger charge is -2.19. The van der Waals surface area contributed by atoms with Crippen molar-refractivity contribution in [3.05, 3.63) is 53.4 Å². The van der Waals surface area contributed by atoms with Gasteiger partial charge in [0.05, 0.1) is 12.2 Å². The number of halogens is 1. The predicted molar refractivity (Wildman–Crippen MR) is 65.9 cm³/mol.